The van der Waals surface area contributed by atoms with E-state index in [0.717, 1.165) is 35.9 Å². The van der Waals surface area contributed by atoms with Crippen molar-refractivity contribution in [1.29, 1.82) is 0 Å². The number of aliphatic hydroxyl groups excluding tert-OH is 1. The molecule has 2 unspecified atom stereocenters. The number of thioether (sulfide) groups is 1. The fraction of sp³-hybridized carbons (Fsp3) is 0.733. The van der Waals surface area contributed by atoms with Gasteiger partial charge in [-0.25, -0.2) is 9.97 Å². The average Bonchev–Trinajstić information content (AvgIpc) is 2.35. The summed E-state index contributed by atoms with van der Waals surface area (Å²) >= 11 is 1.67. The summed E-state index contributed by atoms with van der Waals surface area (Å²) in [5.74, 6) is 0. The normalized spacial score (nSPS) is 15.9. The van der Waals surface area contributed by atoms with Crippen LogP contribution in [0.3, 0.4) is 0 Å². The Kier molecular flexibility index (Phi) is 6.92. The van der Waals surface area contributed by atoms with Crippen LogP contribution in [0.2, 0.25) is 0 Å². The van der Waals surface area contributed by atoms with E-state index in [1.54, 1.807) is 11.8 Å². The Bertz CT molecular complexity index is 407. The van der Waals surface area contributed by atoms with Gasteiger partial charge in [0.2, 0.25) is 0 Å². The van der Waals surface area contributed by atoms with Crippen LogP contribution in [0, 0.1) is 13.8 Å². The molecule has 0 aromatic carbocycles. The lowest BCUT2D eigenvalue weighted by atomic mass is 9.97. The average molecular weight is 297 g/mol. The molecule has 114 valence electrons. The Labute approximate surface area is 126 Å². The van der Waals surface area contributed by atoms with Crippen molar-refractivity contribution in [2.45, 2.75) is 63.4 Å². The van der Waals surface area contributed by atoms with E-state index < -0.39 is 0 Å². The molecular weight excluding hydrogens is 270 g/mol. The largest absolute Gasteiger partial charge is 0.394 e. The third-order valence-corrected chi connectivity index (χ3v) is 4.12. The van der Waals surface area contributed by atoms with Crippen LogP contribution in [0.5, 0.6) is 0 Å². The first-order chi connectivity index (χ1) is 9.38. The first-order valence-corrected chi connectivity index (χ1v) is 8.11. The lowest BCUT2D eigenvalue weighted by molar-refractivity contribution is 0.166. The van der Waals surface area contributed by atoms with Gasteiger partial charge in [0, 0.05) is 22.2 Å². The maximum atomic E-state index is 9.61. The third-order valence-electron chi connectivity index (χ3n) is 3.16. The molecule has 4 nitrogen and oxygen atoms in total. The zero-order valence-corrected chi connectivity index (χ0v) is 14.0. The molecule has 0 radical (unpaired) electrons. The predicted octanol–water partition coefficient (Wildman–Crippen LogP) is 2.71. The van der Waals surface area contributed by atoms with Gasteiger partial charge in [-0.2, -0.15) is 0 Å². The van der Waals surface area contributed by atoms with Crippen molar-refractivity contribution in [2.24, 2.45) is 0 Å². The number of aliphatic hydroxyl groups is 1. The van der Waals surface area contributed by atoms with Gasteiger partial charge in [-0.05, 0) is 46.2 Å². The van der Waals surface area contributed by atoms with E-state index >= 15 is 0 Å². The Morgan fingerprint density at radius 3 is 2.45 bits per heavy atom. The van der Waals surface area contributed by atoms with Gasteiger partial charge in [-0.15, -0.1) is 0 Å². The second kappa shape index (κ2) is 7.96. The summed E-state index contributed by atoms with van der Waals surface area (Å²) < 4.78 is 0. The van der Waals surface area contributed by atoms with Gasteiger partial charge in [0.25, 0.3) is 0 Å². The van der Waals surface area contributed by atoms with Crippen LogP contribution in [0.4, 0.5) is 0 Å². The van der Waals surface area contributed by atoms with Gasteiger partial charge in [0.15, 0.2) is 5.16 Å². The molecule has 1 aromatic rings. The molecule has 0 saturated carbocycles. The highest BCUT2D eigenvalue weighted by Gasteiger charge is 2.25. The molecule has 2 N–H and O–H groups in total. The van der Waals surface area contributed by atoms with Crippen LogP contribution in [-0.4, -0.2) is 39.0 Å². The van der Waals surface area contributed by atoms with Crippen LogP contribution in [0.15, 0.2) is 11.2 Å². The van der Waals surface area contributed by atoms with Crippen molar-refractivity contribution in [3.8, 4) is 0 Å². The molecule has 20 heavy (non-hydrogen) atoms. The number of hydrogen-bond acceptors (Lipinski definition) is 5. The van der Waals surface area contributed by atoms with Crippen molar-refractivity contribution in [1.82, 2.24) is 15.3 Å². The lowest BCUT2D eigenvalue weighted by Crippen LogP contribution is -2.47. The van der Waals surface area contributed by atoms with Crippen molar-refractivity contribution in [2.75, 3.05) is 13.2 Å². The zero-order valence-electron chi connectivity index (χ0n) is 13.2. The van der Waals surface area contributed by atoms with Crippen LogP contribution in [0.1, 0.15) is 45.0 Å². The maximum Gasteiger partial charge on any atom is 0.188 e. The smallest absolute Gasteiger partial charge is 0.188 e. The quantitative estimate of drug-likeness (QED) is 0.571. The van der Waals surface area contributed by atoms with Crippen LogP contribution in [-0.2, 0) is 0 Å². The minimum atomic E-state index is -0.235. The number of nitrogens with zero attached hydrogens (tertiary/aromatic N) is 2. The molecule has 0 aliphatic rings. The Morgan fingerprint density at radius 2 is 1.95 bits per heavy atom. The van der Waals surface area contributed by atoms with Gasteiger partial charge in [-0.1, -0.05) is 25.6 Å². The molecule has 0 amide bonds. The van der Waals surface area contributed by atoms with E-state index in [0.29, 0.717) is 5.25 Å². The fourth-order valence-corrected chi connectivity index (χ4v) is 3.43. The van der Waals surface area contributed by atoms with E-state index in [2.05, 4.69) is 36.1 Å². The summed E-state index contributed by atoms with van der Waals surface area (Å²) in [7, 11) is 0. The number of hydrogen-bond donors (Lipinski definition) is 2. The number of rotatable bonds is 8. The molecule has 5 heteroatoms. The molecule has 0 aliphatic heterocycles. The maximum absolute atomic E-state index is 9.61. The molecule has 0 saturated heterocycles. The molecule has 0 aliphatic carbocycles. The molecule has 0 fully saturated rings. The first-order valence-electron chi connectivity index (χ1n) is 7.23. The highest BCUT2D eigenvalue weighted by molar-refractivity contribution is 7.99. The van der Waals surface area contributed by atoms with Crippen molar-refractivity contribution < 1.29 is 5.11 Å². The van der Waals surface area contributed by atoms with E-state index in [1.165, 1.54) is 0 Å². The standard InChI is InChI=1S/C15H27N3OS/c1-6-7-16-15(5,10-19)9-13(4)20-14-17-11(2)8-12(3)18-14/h8,13,16,19H,6-7,9-10H2,1-5H3. The summed E-state index contributed by atoms with van der Waals surface area (Å²) in [4.78, 5) is 8.92. The van der Waals surface area contributed by atoms with Gasteiger partial charge in [0.05, 0.1) is 6.61 Å². The van der Waals surface area contributed by atoms with Gasteiger partial charge < -0.3 is 10.4 Å². The zero-order chi connectivity index (χ0) is 15.2. The Morgan fingerprint density at radius 1 is 1.35 bits per heavy atom. The van der Waals surface area contributed by atoms with Crippen LogP contribution >= 0.6 is 11.8 Å². The summed E-state index contributed by atoms with van der Waals surface area (Å²) in [6, 6.07) is 1.98. The van der Waals surface area contributed by atoms with Crippen LogP contribution < -0.4 is 5.32 Å². The lowest BCUT2D eigenvalue weighted by Gasteiger charge is -2.31. The fourth-order valence-electron chi connectivity index (χ4n) is 2.22. The Hall–Kier alpha value is -0.650. The van der Waals surface area contributed by atoms with Crippen molar-refractivity contribution in [3.63, 3.8) is 0 Å². The van der Waals surface area contributed by atoms with Crippen molar-refractivity contribution >= 4 is 11.8 Å². The van der Waals surface area contributed by atoms with Crippen molar-refractivity contribution in [3.05, 3.63) is 17.5 Å². The second-order valence-electron chi connectivity index (χ2n) is 5.71. The minimum Gasteiger partial charge on any atom is -0.394 e. The minimum absolute atomic E-state index is 0.144. The topological polar surface area (TPSA) is 58.0 Å². The number of aromatic nitrogens is 2. The molecule has 0 spiro atoms. The summed E-state index contributed by atoms with van der Waals surface area (Å²) in [5.41, 5.74) is 1.77. The molecular formula is C15H27N3OS. The van der Waals surface area contributed by atoms with E-state index in [9.17, 15) is 5.11 Å². The number of nitrogens with one attached hydrogen (secondary N) is 1. The monoisotopic (exact) mass is 297 g/mol. The summed E-state index contributed by atoms with van der Waals surface area (Å²) in [6.07, 6.45) is 1.95. The Balaban J connectivity index is 2.63. The number of aryl methyl sites for hydroxylation is 2. The molecule has 1 heterocycles. The highest BCUT2D eigenvalue weighted by Crippen LogP contribution is 2.26. The van der Waals surface area contributed by atoms with E-state index in [-0.39, 0.29) is 12.1 Å². The SMILES string of the molecule is CCCNC(C)(CO)CC(C)Sc1nc(C)cc(C)n1. The predicted molar refractivity (Wildman–Crippen MR) is 85.2 cm³/mol. The second-order valence-corrected chi connectivity index (χ2v) is 7.12. The van der Waals surface area contributed by atoms with E-state index in [1.807, 2.05) is 19.9 Å². The van der Waals surface area contributed by atoms with Crippen LogP contribution in [0.25, 0.3) is 0 Å². The summed E-state index contributed by atoms with van der Waals surface area (Å²) in [6.45, 7) is 11.4. The molecule has 0 bridgehead atoms. The summed E-state index contributed by atoms with van der Waals surface area (Å²) in [5, 5.41) is 14.2. The van der Waals surface area contributed by atoms with E-state index in [4.69, 9.17) is 0 Å². The molecule has 2 atom stereocenters. The first kappa shape index (κ1) is 17.4. The molecule has 1 rings (SSSR count). The van der Waals surface area contributed by atoms with Gasteiger partial charge >= 0.3 is 0 Å². The van der Waals surface area contributed by atoms with Gasteiger partial charge in [0.1, 0.15) is 0 Å². The third kappa shape index (κ3) is 5.77. The van der Waals surface area contributed by atoms with Gasteiger partial charge in [-0.3, -0.25) is 0 Å². The molecule has 1 aromatic heterocycles. The highest BCUT2D eigenvalue weighted by atomic mass is 32.2.